The Hall–Kier alpha value is -1.51. The van der Waals surface area contributed by atoms with Crippen molar-refractivity contribution in [1.29, 1.82) is 0 Å². The molecular weight excluding hydrogens is 473 g/mol. The van der Waals surface area contributed by atoms with Crippen LogP contribution >= 0.6 is 35.4 Å². The summed E-state index contributed by atoms with van der Waals surface area (Å²) >= 11 is 17.6. The van der Waals surface area contributed by atoms with Gasteiger partial charge in [-0.3, -0.25) is 9.80 Å². The van der Waals surface area contributed by atoms with E-state index in [9.17, 15) is 8.78 Å². The van der Waals surface area contributed by atoms with Gasteiger partial charge in [0.2, 0.25) is 0 Å². The number of benzene rings is 2. The molecule has 2 aromatic rings. The maximum absolute atomic E-state index is 14.0. The molecule has 32 heavy (non-hydrogen) atoms. The average molecular weight is 501 g/mol. The zero-order chi connectivity index (χ0) is 23.3. The molecule has 0 aliphatic carbocycles. The Labute approximate surface area is 203 Å². The molecule has 0 saturated carbocycles. The number of hydrogen-bond acceptors (Lipinski definition) is 3. The maximum atomic E-state index is 14.0. The standard InChI is InChI=1S/C23H28Cl2F2N4S/c1-15(2)11-22(29-23(32)28-21-6-4-17(26)13-20(21)27)31-9-7-30(8-10-31)14-16-3-5-18(24)19(25)12-16/h3-6,12-13,15,22H,7-11,14H2,1-2H3,(H2,28,29,32). The summed E-state index contributed by atoms with van der Waals surface area (Å²) in [4.78, 5) is 4.74. The topological polar surface area (TPSA) is 30.5 Å². The molecule has 2 N–H and O–H groups in total. The van der Waals surface area contributed by atoms with Gasteiger partial charge in [-0.25, -0.2) is 8.78 Å². The van der Waals surface area contributed by atoms with Crippen molar-refractivity contribution < 1.29 is 8.78 Å². The third-order valence-electron chi connectivity index (χ3n) is 5.41. The highest BCUT2D eigenvalue weighted by Gasteiger charge is 2.25. The Morgan fingerprint density at radius 3 is 2.38 bits per heavy atom. The third-order valence-corrected chi connectivity index (χ3v) is 6.37. The van der Waals surface area contributed by atoms with Gasteiger partial charge in [-0.15, -0.1) is 0 Å². The van der Waals surface area contributed by atoms with Crippen molar-refractivity contribution in [1.82, 2.24) is 15.1 Å². The van der Waals surface area contributed by atoms with E-state index in [1.807, 2.05) is 18.2 Å². The maximum Gasteiger partial charge on any atom is 0.172 e. The van der Waals surface area contributed by atoms with Crippen LogP contribution in [0.3, 0.4) is 0 Å². The summed E-state index contributed by atoms with van der Waals surface area (Å²) in [5, 5.41) is 7.63. The zero-order valence-corrected chi connectivity index (χ0v) is 20.5. The van der Waals surface area contributed by atoms with E-state index in [1.54, 1.807) is 0 Å². The number of rotatable bonds is 7. The minimum atomic E-state index is -0.675. The molecule has 3 rings (SSSR count). The summed E-state index contributed by atoms with van der Waals surface area (Å²) in [6.45, 7) is 8.69. The monoisotopic (exact) mass is 500 g/mol. The Morgan fingerprint density at radius 2 is 1.75 bits per heavy atom. The summed E-state index contributed by atoms with van der Waals surface area (Å²) in [5.41, 5.74) is 1.29. The minimum Gasteiger partial charge on any atom is -0.347 e. The number of thiocarbonyl (C=S) groups is 1. The molecule has 1 saturated heterocycles. The van der Waals surface area contributed by atoms with Crippen molar-refractivity contribution in [2.75, 3.05) is 31.5 Å². The predicted molar refractivity (Wildman–Crippen MR) is 132 cm³/mol. The molecule has 0 aromatic heterocycles. The van der Waals surface area contributed by atoms with Gasteiger partial charge >= 0.3 is 0 Å². The van der Waals surface area contributed by atoms with E-state index in [-0.39, 0.29) is 11.9 Å². The molecule has 2 aromatic carbocycles. The molecule has 174 valence electrons. The Kier molecular flexibility index (Phi) is 9.08. The van der Waals surface area contributed by atoms with Gasteiger partial charge in [0.25, 0.3) is 0 Å². The van der Waals surface area contributed by atoms with Crippen LogP contribution < -0.4 is 10.6 Å². The van der Waals surface area contributed by atoms with Crippen LogP contribution in [0.1, 0.15) is 25.8 Å². The quantitative estimate of drug-likeness (QED) is 0.472. The number of halogens is 4. The van der Waals surface area contributed by atoms with E-state index < -0.39 is 11.6 Å². The van der Waals surface area contributed by atoms with Gasteiger partial charge in [-0.05, 0) is 54.4 Å². The van der Waals surface area contributed by atoms with E-state index in [0.717, 1.165) is 50.8 Å². The Balaban J connectivity index is 1.56. The zero-order valence-electron chi connectivity index (χ0n) is 18.2. The Morgan fingerprint density at radius 1 is 1.03 bits per heavy atom. The van der Waals surface area contributed by atoms with Crippen molar-refractivity contribution in [3.8, 4) is 0 Å². The lowest BCUT2D eigenvalue weighted by Gasteiger charge is -2.40. The van der Waals surface area contributed by atoms with Crippen LogP contribution in [0.4, 0.5) is 14.5 Å². The molecule has 0 bridgehead atoms. The largest absolute Gasteiger partial charge is 0.347 e. The molecule has 1 unspecified atom stereocenters. The van der Waals surface area contributed by atoms with Crippen molar-refractivity contribution >= 4 is 46.2 Å². The number of nitrogens with one attached hydrogen (secondary N) is 2. The van der Waals surface area contributed by atoms with Crippen molar-refractivity contribution in [3.63, 3.8) is 0 Å². The lowest BCUT2D eigenvalue weighted by molar-refractivity contribution is 0.0769. The van der Waals surface area contributed by atoms with Gasteiger partial charge in [0, 0.05) is 38.8 Å². The number of nitrogens with zero attached hydrogens (tertiary/aromatic N) is 2. The van der Waals surface area contributed by atoms with Crippen LogP contribution in [-0.2, 0) is 6.54 Å². The van der Waals surface area contributed by atoms with Crippen LogP contribution in [0, 0.1) is 17.6 Å². The molecule has 1 atom stereocenters. The second-order valence-electron chi connectivity index (χ2n) is 8.43. The van der Waals surface area contributed by atoms with E-state index in [1.165, 1.54) is 12.1 Å². The van der Waals surface area contributed by atoms with Crippen LogP contribution in [0.15, 0.2) is 36.4 Å². The molecule has 0 amide bonds. The lowest BCUT2D eigenvalue weighted by atomic mass is 10.1. The summed E-state index contributed by atoms with van der Waals surface area (Å²) in [6.07, 6.45) is 0.909. The fraction of sp³-hybridized carbons (Fsp3) is 0.435. The van der Waals surface area contributed by atoms with Crippen LogP contribution in [0.5, 0.6) is 0 Å². The normalized spacial score (nSPS) is 16.2. The summed E-state index contributed by atoms with van der Waals surface area (Å²) in [6, 6.07) is 9.13. The van der Waals surface area contributed by atoms with E-state index in [2.05, 4.69) is 34.3 Å². The van der Waals surface area contributed by atoms with Gasteiger partial charge in [0.05, 0.1) is 21.9 Å². The third kappa shape index (κ3) is 7.25. The van der Waals surface area contributed by atoms with Gasteiger partial charge in [-0.2, -0.15) is 0 Å². The Bertz CT molecular complexity index is 936. The SMILES string of the molecule is CC(C)CC(NC(=S)Nc1ccc(F)cc1F)N1CCN(Cc2ccc(Cl)c(Cl)c2)CC1. The van der Waals surface area contributed by atoms with Crippen molar-refractivity contribution in [2.24, 2.45) is 5.92 Å². The molecule has 1 aliphatic rings. The average Bonchev–Trinajstić information content (AvgIpc) is 2.72. The first kappa shape index (κ1) is 25.1. The van der Waals surface area contributed by atoms with Gasteiger partial charge in [0.15, 0.2) is 5.11 Å². The number of hydrogen-bond donors (Lipinski definition) is 2. The highest BCUT2D eigenvalue weighted by atomic mass is 35.5. The van der Waals surface area contributed by atoms with E-state index in [4.69, 9.17) is 35.4 Å². The van der Waals surface area contributed by atoms with Crippen LogP contribution in [0.2, 0.25) is 10.0 Å². The van der Waals surface area contributed by atoms with Gasteiger partial charge in [0.1, 0.15) is 11.6 Å². The van der Waals surface area contributed by atoms with Crippen molar-refractivity contribution in [3.05, 3.63) is 63.6 Å². The van der Waals surface area contributed by atoms with E-state index in [0.29, 0.717) is 21.1 Å². The van der Waals surface area contributed by atoms with Gasteiger partial charge < -0.3 is 10.6 Å². The summed E-state index contributed by atoms with van der Waals surface area (Å²) in [5.74, 6) is -0.846. The van der Waals surface area contributed by atoms with Crippen LogP contribution in [-0.4, -0.2) is 47.3 Å². The fourth-order valence-electron chi connectivity index (χ4n) is 3.78. The fourth-order valence-corrected chi connectivity index (χ4v) is 4.34. The molecule has 0 radical (unpaired) electrons. The minimum absolute atomic E-state index is 0.0191. The number of anilines is 1. The first-order valence-electron chi connectivity index (χ1n) is 10.6. The van der Waals surface area contributed by atoms with E-state index >= 15 is 0 Å². The molecule has 0 spiro atoms. The highest BCUT2D eigenvalue weighted by molar-refractivity contribution is 7.80. The van der Waals surface area contributed by atoms with Crippen LogP contribution in [0.25, 0.3) is 0 Å². The molecule has 1 aliphatic heterocycles. The second kappa shape index (κ2) is 11.6. The van der Waals surface area contributed by atoms with Gasteiger partial charge in [-0.1, -0.05) is 43.1 Å². The van der Waals surface area contributed by atoms with Crippen molar-refractivity contribution in [2.45, 2.75) is 33.0 Å². The first-order valence-corrected chi connectivity index (χ1v) is 11.8. The highest BCUT2D eigenvalue weighted by Crippen LogP contribution is 2.24. The lowest BCUT2D eigenvalue weighted by Crippen LogP contribution is -2.56. The first-order chi connectivity index (χ1) is 15.2. The molecule has 1 fully saturated rings. The smallest absolute Gasteiger partial charge is 0.172 e. The molecule has 1 heterocycles. The second-order valence-corrected chi connectivity index (χ2v) is 9.65. The number of piperazine rings is 1. The molecule has 4 nitrogen and oxygen atoms in total. The molecule has 9 heteroatoms. The summed E-state index contributed by atoms with van der Waals surface area (Å²) < 4.78 is 27.1. The predicted octanol–water partition coefficient (Wildman–Crippen LogP) is 5.75. The molecular formula is C23H28Cl2F2N4S. The summed E-state index contributed by atoms with van der Waals surface area (Å²) in [7, 11) is 0.